The third kappa shape index (κ3) is 3.89. The van der Waals surface area contributed by atoms with Gasteiger partial charge in [0.1, 0.15) is 11.2 Å². The Morgan fingerprint density at radius 2 is 1.03 bits per heavy atom. The van der Waals surface area contributed by atoms with Gasteiger partial charge in [0.05, 0.1) is 0 Å². The lowest BCUT2D eigenvalue weighted by atomic mass is 9.79. The molecule has 184 valence electrons. The minimum absolute atomic E-state index is 0.0789. The number of hydrogen-bond acceptors (Lipinski definition) is 6. The molecule has 0 aromatic carbocycles. The Hall–Kier alpha value is -0.820. The molecule has 4 rings (SSSR count). The largest absolute Gasteiger partial charge is 0.365 e. The minimum Gasteiger partial charge on any atom is -0.365 e. The second-order valence-corrected chi connectivity index (χ2v) is 12.8. The van der Waals surface area contributed by atoms with Crippen LogP contribution in [0.4, 0.5) is 0 Å². The molecular weight excluding hydrogens is 408 g/mol. The second-order valence-electron chi connectivity index (χ2n) is 12.8. The van der Waals surface area contributed by atoms with E-state index < -0.39 is 22.8 Å². The molecule has 4 aliphatic rings. The molecular formula is C26H44O6. The van der Waals surface area contributed by atoms with Crippen LogP contribution in [0.2, 0.25) is 0 Å². The van der Waals surface area contributed by atoms with Crippen molar-refractivity contribution >= 4 is 11.6 Å². The van der Waals surface area contributed by atoms with Gasteiger partial charge in [-0.3, -0.25) is 9.59 Å². The molecule has 2 heterocycles. The van der Waals surface area contributed by atoms with Gasteiger partial charge in [-0.1, -0.05) is 41.5 Å². The van der Waals surface area contributed by atoms with Gasteiger partial charge < -0.3 is 19.7 Å². The van der Waals surface area contributed by atoms with Crippen LogP contribution in [0.25, 0.3) is 0 Å². The van der Waals surface area contributed by atoms with Crippen molar-refractivity contribution in [2.45, 2.75) is 130 Å². The Balaban J connectivity index is 0.000000181. The third-order valence-electron chi connectivity index (χ3n) is 8.80. The van der Waals surface area contributed by atoms with Crippen LogP contribution in [0.5, 0.6) is 0 Å². The van der Waals surface area contributed by atoms with Crippen molar-refractivity contribution in [3.8, 4) is 0 Å². The summed E-state index contributed by atoms with van der Waals surface area (Å²) in [5, 5.41) is 21.1. The molecule has 2 aliphatic heterocycles. The van der Waals surface area contributed by atoms with Crippen LogP contribution in [0.15, 0.2) is 0 Å². The first-order valence-corrected chi connectivity index (χ1v) is 12.3. The summed E-state index contributed by atoms with van der Waals surface area (Å²) in [5.74, 6) is -1.73. The van der Waals surface area contributed by atoms with Gasteiger partial charge in [-0.25, -0.2) is 0 Å². The number of aliphatic hydroxyl groups is 2. The fourth-order valence-electron chi connectivity index (χ4n) is 6.24. The van der Waals surface area contributed by atoms with Crippen LogP contribution in [0.3, 0.4) is 0 Å². The first kappa shape index (κ1) is 25.8. The third-order valence-corrected chi connectivity index (χ3v) is 8.80. The highest BCUT2D eigenvalue weighted by atomic mass is 16.7. The molecule has 0 bridgehead atoms. The van der Waals surface area contributed by atoms with Crippen LogP contribution in [0.1, 0.15) is 107 Å². The predicted molar refractivity (Wildman–Crippen MR) is 122 cm³/mol. The SMILES string of the molecule is CC(=O)[C@]12CCC[C@H]1C[C@@](O)(C(C)(C)C)O2.CC(=O)[C@]12CCC[C@H]1C[C@@](O)(C(C)(C)C)O2. The van der Waals surface area contributed by atoms with Crippen molar-refractivity contribution in [3.63, 3.8) is 0 Å². The molecule has 0 amide bonds. The van der Waals surface area contributed by atoms with Crippen LogP contribution in [0, 0.1) is 22.7 Å². The Bertz CT molecular complexity index is 699. The Morgan fingerprint density at radius 1 is 0.719 bits per heavy atom. The number of hydrogen-bond donors (Lipinski definition) is 2. The van der Waals surface area contributed by atoms with Crippen molar-refractivity contribution in [2.24, 2.45) is 22.7 Å². The standard InChI is InChI=1S/2C13H22O3/c2*1-9(14)12-7-5-6-10(12)8-13(15,16-12)11(2,3)4/h2*10,15H,5-8H2,1-4H3/t2*10-,12+,13-/m00/s1. The van der Waals surface area contributed by atoms with Crippen molar-refractivity contribution in [3.05, 3.63) is 0 Å². The summed E-state index contributed by atoms with van der Waals surface area (Å²) < 4.78 is 11.8. The number of fused-ring (bicyclic) bond motifs is 2. The van der Waals surface area contributed by atoms with E-state index in [0.717, 1.165) is 38.5 Å². The van der Waals surface area contributed by atoms with Crippen molar-refractivity contribution < 1.29 is 29.3 Å². The van der Waals surface area contributed by atoms with E-state index in [4.69, 9.17) is 9.47 Å². The Labute approximate surface area is 193 Å². The monoisotopic (exact) mass is 452 g/mol. The maximum Gasteiger partial charge on any atom is 0.172 e. The highest BCUT2D eigenvalue weighted by molar-refractivity contribution is 5.86. The molecule has 6 atom stereocenters. The van der Waals surface area contributed by atoms with Crippen LogP contribution in [-0.4, -0.2) is 44.6 Å². The summed E-state index contributed by atoms with van der Waals surface area (Å²) in [6, 6.07) is 0. The molecule has 0 radical (unpaired) electrons. The lowest BCUT2D eigenvalue weighted by molar-refractivity contribution is -0.268. The Morgan fingerprint density at radius 3 is 1.25 bits per heavy atom. The lowest BCUT2D eigenvalue weighted by Gasteiger charge is -2.38. The molecule has 0 aromatic heterocycles. The fraction of sp³-hybridized carbons (Fsp3) is 0.923. The molecule has 0 unspecified atom stereocenters. The Kier molecular flexibility index (Phi) is 6.34. The van der Waals surface area contributed by atoms with E-state index in [-0.39, 0.29) is 34.2 Å². The molecule has 2 aliphatic carbocycles. The normalized spacial score (nSPS) is 43.4. The van der Waals surface area contributed by atoms with E-state index in [9.17, 15) is 19.8 Å². The van der Waals surface area contributed by atoms with Gasteiger partial charge in [-0.05, 0) is 52.4 Å². The average molecular weight is 453 g/mol. The maximum atomic E-state index is 11.8. The van der Waals surface area contributed by atoms with Gasteiger partial charge in [-0.2, -0.15) is 0 Å². The number of carbonyl (C=O) groups is 2. The van der Waals surface area contributed by atoms with E-state index in [0.29, 0.717) is 12.8 Å². The summed E-state index contributed by atoms with van der Waals surface area (Å²) in [7, 11) is 0. The minimum atomic E-state index is -1.15. The molecule has 6 heteroatoms. The summed E-state index contributed by atoms with van der Waals surface area (Å²) >= 11 is 0. The van der Waals surface area contributed by atoms with E-state index in [1.165, 1.54) is 0 Å². The molecule has 32 heavy (non-hydrogen) atoms. The zero-order valence-electron chi connectivity index (χ0n) is 21.3. The summed E-state index contributed by atoms with van der Waals surface area (Å²) in [6.07, 6.45) is 6.79. The van der Waals surface area contributed by atoms with E-state index in [2.05, 4.69) is 0 Å². The molecule has 6 nitrogen and oxygen atoms in total. The lowest BCUT2D eigenvalue weighted by Crippen LogP contribution is -2.47. The van der Waals surface area contributed by atoms with Crippen LogP contribution < -0.4 is 0 Å². The number of rotatable bonds is 2. The number of ether oxygens (including phenoxy) is 2. The molecule has 2 saturated carbocycles. The van der Waals surface area contributed by atoms with E-state index >= 15 is 0 Å². The molecule has 0 spiro atoms. The zero-order valence-corrected chi connectivity index (χ0v) is 21.3. The number of ketones is 2. The van der Waals surface area contributed by atoms with Crippen molar-refractivity contribution in [1.29, 1.82) is 0 Å². The smallest absolute Gasteiger partial charge is 0.172 e. The molecule has 2 N–H and O–H groups in total. The molecule has 4 fully saturated rings. The van der Waals surface area contributed by atoms with E-state index in [1.54, 1.807) is 13.8 Å². The van der Waals surface area contributed by atoms with Gasteiger partial charge >= 0.3 is 0 Å². The van der Waals surface area contributed by atoms with Gasteiger partial charge in [0, 0.05) is 35.5 Å². The maximum absolute atomic E-state index is 11.8. The molecule has 2 saturated heterocycles. The quantitative estimate of drug-likeness (QED) is 0.639. The summed E-state index contributed by atoms with van der Waals surface area (Å²) in [6.45, 7) is 14.9. The highest BCUT2D eigenvalue weighted by Crippen LogP contribution is 2.57. The topological polar surface area (TPSA) is 93.1 Å². The van der Waals surface area contributed by atoms with Gasteiger partial charge in [0.15, 0.2) is 23.1 Å². The number of carbonyl (C=O) groups excluding carboxylic acids is 2. The van der Waals surface area contributed by atoms with Crippen LogP contribution in [-0.2, 0) is 19.1 Å². The predicted octanol–water partition coefficient (Wildman–Crippen LogP) is 4.54. The second kappa shape index (κ2) is 7.86. The van der Waals surface area contributed by atoms with Crippen LogP contribution >= 0.6 is 0 Å². The first-order chi connectivity index (χ1) is 14.4. The summed E-state index contributed by atoms with van der Waals surface area (Å²) in [4.78, 5) is 23.7. The van der Waals surface area contributed by atoms with Gasteiger partial charge in [0.25, 0.3) is 0 Å². The van der Waals surface area contributed by atoms with Crippen molar-refractivity contribution in [2.75, 3.05) is 0 Å². The summed E-state index contributed by atoms with van der Waals surface area (Å²) in [5.41, 5.74) is -2.08. The van der Waals surface area contributed by atoms with E-state index in [1.807, 2.05) is 41.5 Å². The fourth-order valence-corrected chi connectivity index (χ4v) is 6.24. The van der Waals surface area contributed by atoms with Gasteiger partial charge in [0.2, 0.25) is 0 Å². The zero-order chi connectivity index (χ0) is 24.4. The van der Waals surface area contributed by atoms with Crippen molar-refractivity contribution in [1.82, 2.24) is 0 Å². The average Bonchev–Trinajstić information content (AvgIpc) is 3.30. The number of Topliss-reactive ketones (excluding diaryl/α,β-unsaturated/α-hetero) is 2. The first-order valence-electron chi connectivity index (χ1n) is 12.3. The van der Waals surface area contributed by atoms with Gasteiger partial charge in [-0.15, -0.1) is 0 Å². The highest BCUT2D eigenvalue weighted by Gasteiger charge is 2.64. The molecule has 0 aromatic rings.